The Hall–Kier alpha value is -0.970. The van der Waals surface area contributed by atoms with Crippen molar-refractivity contribution in [3.05, 3.63) is 10.6 Å². The number of carboxylic acids is 1. The fraction of sp³-hybridized carbons (Fsp3) is 0.571. The van der Waals surface area contributed by atoms with Crippen molar-refractivity contribution in [3.8, 4) is 0 Å². The molecule has 0 radical (unpaired) electrons. The van der Waals surface area contributed by atoms with Crippen LogP contribution in [0.4, 0.5) is 0 Å². The van der Waals surface area contributed by atoms with E-state index in [1.54, 1.807) is 0 Å². The molecule has 5 heteroatoms. The summed E-state index contributed by atoms with van der Waals surface area (Å²) < 4.78 is 3.66. The van der Waals surface area contributed by atoms with E-state index in [9.17, 15) is 4.79 Å². The third-order valence-corrected chi connectivity index (χ3v) is 2.97. The van der Waals surface area contributed by atoms with Gasteiger partial charge < -0.3 is 5.11 Å². The number of nitrogens with zero attached hydrogens (tertiary/aromatic N) is 2. The number of aromatic carboxylic acids is 1. The van der Waals surface area contributed by atoms with Gasteiger partial charge in [-0.2, -0.15) is 0 Å². The molecule has 1 aromatic rings. The Labute approximate surface area is 73.4 Å². The first kappa shape index (κ1) is 7.67. The highest BCUT2D eigenvalue weighted by Gasteiger charge is 2.44. The standard InChI is InChI=1S/C7H8N2O2S/c1-7(2-3-7)5-4(6(10)11)12-9-8-5/h2-3H2,1H3,(H,10,11). The van der Waals surface area contributed by atoms with Crippen LogP contribution >= 0.6 is 11.5 Å². The maximum Gasteiger partial charge on any atom is 0.349 e. The van der Waals surface area contributed by atoms with E-state index in [2.05, 4.69) is 9.59 Å². The third kappa shape index (κ3) is 1.01. The zero-order valence-electron chi connectivity index (χ0n) is 6.57. The number of hydrogen-bond acceptors (Lipinski definition) is 4. The van der Waals surface area contributed by atoms with Gasteiger partial charge in [-0.3, -0.25) is 0 Å². The van der Waals surface area contributed by atoms with Crippen molar-refractivity contribution < 1.29 is 9.90 Å². The minimum atomic E-state index is -0.909. The quantitative estimate of drug-likeness (QED) is 0.752. The van der Waals surface area contributed by atoms with Gasteiger partial charge in [-0.25, -0.2) is 4.79 Å². The average Bonchev–Trinajstić information content (AvgIpc) is 2.61. The number of carboxylic acid groups (broad SMARTS) is 1. The number of hydrogen-bond donors (Lipinski definition) is 1. The highest BCUT2D eigenvalue weighted by molar-refractivity contribution is 7.07. The summed E-state index contributed by atoms with van der Waals surface area (Å²) in [6.45, 7) is 2.02. The van der Waals surface area contributed by atoms with E-state index in [0.717, 1.165) is 24.4 Å². The van der Waals surface area contributed by atoms with Crippen molar-refractivity contribution >= 4 is 17.5 Å². The van der Waals surface area contributed by atoms with Crippen molar-refractivity contribution in [2.45, 2.75) is 25.2 Å². The molecule has 1 aliphatic rings. The maximum atomic E-state index is 10.7. The second-order valence-corrected chi connectivity index (χ2v) is 4.07. The second kappa shape index (κ2) is 2.26. The molecule has 1 heterocycles. The topological polar surface area (TPSA) is 63.1 Å². The molecule has 1 aromatic heterocycles. The highest BCUT2D eigenvalue weighted by atomic mass is 32.1. The lowest BCUT2D eigenvalue weighted by Gasteiger charge is -2.02. The first-order chi connectivity index (χ1) is 5.63. The summed E-state index contributed by atoms with van der Waals surface area (Å²) in [5.41, 5.74) is 0.667. The molecule has 64 valence electrons. The Morgan fingerprint density at radius 3 is 2.83 bits per heavy atom. The van der Waals surface area contributed by atoms with Gasteiger partial charge in [-0.1, -0.05) is 11.4 Å². The molecule has 0 spiro atoms. The molecule has 0 bridgehead atoms. The molecule has 1 N–H and O–H groups in total. The van der Waals surface area contributed by atoms with E-state index >= 15 is 0 Å². The van der Waals surface area contributed by atoms with Gasteiger partial charge in [0, 0.05) is 5.41 Å². The Morgan fingerprint density at radius 1 is 1.67 bits per heavy atom. The predicted molar refractivity (Wildman–Crippen MR) is 43.5 cm³/mol. The van der Waals surface area contributed by atoms with Gasteiger partial charge in [0.05, 0.1) is 5.69 Å². The average molecular weight is 184 g/mol. The Morgan fingerprint density at radius 2 is 2.33 bits per heavy atom. The molecule has 0 aliphatic heterocycles. The summed E-state index contributed by atoms with van der Waals surface area (Å²) in [5, 5.41) is 12.6. The monoisotopic (exact) mass is 184 g/mol. The summed E-state index contributed by atoms with van der Waals surface area (Å²) in [6.07, 6.45) is 2.05. The smallest absolute Gasteiger partial charge is 0.349 e. The van der Waals surface area contributed by atoms with Gasteiger partial charge in [0.2, 0.25) is 0 Å². The maximum absolute atomic E-state index is 10.7. The number of rotatable bonds is 2. The van der Waals surface area contributed by atoms with E-state index < -0.39 is 5.97 Å². The number of carbonyl (C=O) groups is 1. The summed E-state index contributed by atoms with van der Waals surface area (Å²) in [5.74, 6) is -0.909. The van der Waals surface area contributed by atoms with Crippen LogP contribution in [0.15, 0.2) is 0 Å². The summed E-state index contributed by atoms with van der Waals surface area (Å²) in [6, 6.07) is 0. The van der Waals surface area contributed by atoms with Gasteiger partial charge in [0.25, 0.3) is 0 Å². The number of aromatic nitrogens is 2. The molecule has 12 heavy (non-hydrogen) atoms. The van der Waals surface area contributed by atoms with E-state index in [0.29, 0.717) is 10.6 Å². The van der Waals surface area contributed by atoms with E-state index in [1.807, 2.05) is 6.92 Å². The summed E-state index contributed by atoms with van der Waals surface area (Å²) in [7, 11) is 0. The van der Waals surface area contributed by atoms with Gasteiger partial charge in [0.15, 0.2) is 4.88 Å². The van der Waals surface area contributed by atoms with Crippen LogP contribution in [-0.2, 0) is 5.41 Å². The summed E-state index contributed by atoms with van der Waals surface area (Å²) in [4.78, 5) is 11.0. The third-order valence-electron chi connectivity index (χ3n) is 2.25. The molecule has 1 saturated carbocycles. The highest BCUT2D eigenvalue weighted by Crippen LogP contribution is 2.48. The molecule has 1 fully saturated rings. The minimum Gasteiger partial charge on any atom is -0.477 e. The molecule has 0 aromatic carbocycles. The van der Waals surface area contributed by atoms with Crippen LogP contribution in [0, 0.1) is 0 Å². The lowest BCUT2D eigenvalue weighted by Crippen LogP contribution is -2.07. The fourth-order valence-corrected chi connectivity index (χ4v) is 1.81. The lowest BCUT2D eigenvalue weighted by atomic mass is 10.1. The van der Waals surface area contributed by atoms with Crippen molar-refractivity contribution in [1.82, 2.24) is 9.59 Å². The normalized spacial score (nSPS) is 19.1. The first-order valence-electron chi connectivity index (χ1n) is 3.70. The second-order valence-electron chi connectivity index (χ2n) is 3.32. The molecule has 0 saturated heterocycles. The Kier molecular flexibility index (Phi) is 1.44. The first-order valence-corrected chi connectivity index (χ1v) is 4.47. The zero-order chi connectivity index (χ0) is 8.77. The van der Waals surface area contributed by atoms with Gasteiger partial charge >= 0.3 is 5.97 Å². The van der Waals surface area contributed by atoms with Crippen molar-refractivity contribution in [2.24, 2.45) is 0 Å². The Balaban J connectivity index is 2.43. The molecule has 1 aliphatic carbocycles. The van der Waals surface area contributed by atoms with Crippen molar-refractivity contribution in [3.63, 3.8) is 0 Å². The van der Waals surface area contributed by atoms with Gasteiger partial charge in [-0.15, -0.1) is 5.10 Å². The van der Waals surface area contributed by atoms with Gasteiger partial charge in [0.1, 0.15) is 0 Å². The van der Waals surface area contributed by atoms with Crippen LogP contribution in [0.3, 0.4) is 0 Å². The van der Waals surface area contributed by atoms with Crippen molar-refractivity contribution in [2.75, 3.05) is 0 Å². The van der Waals surface area contributed by atoms with Crippen molar-refractivity contribution in [1.29, 1.82) is 0 Å². The molecule has 2 rings (SSSR count). The summed E-state index contributed by atoms with van der Waals surface area (Å²) >= 11 is 0.964. The molecule has 0 unspecified atom stereocenters. The van der Waals surface area contributed by atoms with Crippen LogP contribution in [0.5, 0.6) is 0 Å². The fourth-order valence-electron chi connectivity index (χ4n) is 1.15. The SMILES string of the molecule is CC1(c2nnsc2C(=O)O)CC1. The molecular weight excluding hydrogens is 176 g/mol. The molecular formula is C7H8N2O2S. The van der Waals surface area contributed by atoms with Crippen LogP contribution in [0.1, 0.15) is 35.1 Å². The van der Waals surface area contributed by atoms with Crippen LogP contribution < -0.4 is 0 Å². The van der Waals surface area contributed by atoms with Crippen LogP contribution in [0.25, 0.3) is 0 Å². The van der Waals surface area contributed by atoms with E-state index in [-0.39, 0.29) is 5.41 Å². The van der Waals surface area contributed by atoms with Gasteiger partial charge in [-0.05, 0) is 24.4 Å². The lowest BCUT2D eigenvalue weighted by molar-refractivity contribution is 0.0700. The van der Waals surface area contributed by atoms with E-state index in [1.165, 1.54) is 0 Å². The molecule has 0 atom stereocenters. The van der Waals surface area contributed by atoms with Crippen LogP contribution in [-0.4, -0.2) is 20.7 Å². The molecule has 0 amide bonds. The molecule has 4 nitrogen and oxygen atoms in total. The zero-order valence-corrected chi connectivity index (χ0v) is 7.39. The minimum absolute atomic E-state index is 0.000718. The predicted octanol–water partition coefficient (Wildman–Crippen LogP) is 1.29. The van der Waals surface area contributed by atoms with Crippen LogP contribution in [0.2, 0.25) is 0 Å². The Bertz CT molecular complexity index is 330. The largest absolute Gasteiger partial charge is 0.477 e. The van der Waals surface area contributed by atoms with E-state index in [4.69, 9.17) is 5.11 Å².